The lowest BCUT2D eigenvalue weighted by Crippen LogP contribution is -2.58. The van der Waals surface area contributed by atoms with Crippen molar-refractivity contribution < 1.29 is 9.53 Å². The molecule has 5 heteroatoms. The number of carbonyl (C=O) groups excluding carboxylic acids is 1. The Bertz CT molecular complexity index is 653. The summed E-state index contributed by atoms with van der Waals surface area (Å²) >= 11 is 0. The Labute approximate surface area is 150 Å². The molecule has 0 bridgehead atoms. The quantitative estimate of drug-likeness (QED) is 0.833. The van der Waals surface area contributed by atoms with E-state index in [0.717, 1.165) is 38.5 Å². The topological polar surface area (TPSA) is 65.4 Å². The molecule has 1 saturated heterocycles. The third kappa shape index (κ3) is 4.02. The number of anilines is 1. The van der Waals surface area contributed by atoms with Gasteiger partial charge < -0.3 is 10.1 Å². The van der Waals surface area contributed by atoms with Crippen LogP contribution in [0.15, 0.2) is 18.2 Å². The Morgan fingerprint density at radius 1 is 1.28 bits per heavy atom. The smallest absolute Gasteiger partial charge is 0.161 e. The molecule has 0 spiro atoms. The molecule has 2 aliphatic rings. The second-order valence-corrected chi connectivity index (χ2v) is 7.17. The van der Waals surface area contributed by atoms with Crippen LogP contribution in [0.4, 0.5) is 5.69 Å². The number of ketones is 1. The molecule has 1 aromatic carbocycles. The summed E-state index contributed by atoms with van der Waals surface area (Å²) < 4.78 is 5.54. The molecular formula is C20H27N3O2. The summed E-state index contributed by atoms with van der Waals surface area (Å²) in [6, 6.07) is 7.43. The summed E-state index contributed by atoms with van der Waals surface area (Å²) in [6.45, 7) is 5.92. The molecule has 0 radical (unpaired) electrons. The zero-order chi connectivity index (χ0) is 17.7. The first-order chi connectivity index (χ1) is 12.1. The number of benzene rings is 1. The van der Waals surface area contributed by atoms with Crippen molar-refractivity contribution in [2.24, 2.45) is 0 Å². The summed E-state index contributed by atoms with van der Waals surface area (Å²) in [7, 11) is 0. The minimum Gasteiger partial charge on any atom is -0.383 e. The Hall–Kier alpha value is -1.90. The van der Waals surface area contributed by atoms with Crippen molar-refractivity contribution in [3.8, 4) is 6.07 Å². The monoisotopic (exact) mass is 341 g/mol. The molecule has 1 aliphatic carbocycles. The molecule has 3 rings (SSSR count). The summed E-state index contributed by atoms with van der Waals surface area (Å²) in [5.41, 5.74) is 2.15. The second-order valence-electron chi connectivity index (χ2n) is 7.17. The zero-order valence-electron chi connectivity index (χ0n) is 15.0. The van der Waals surface area contributed by atoms with Gasteiger partial charge in [0.2, 0.25) is 0 Å². The normalized spacial score (nSPS) is 20.6. The van der Waals surface area contributed by atoms with Crippen LogP contribution in [0, 0.1) is 11.3 Å². The van der Waals surface area contributed by atoms with Crippen molar-refractivity contribution in [2.45, 2.75) is 44.6 Å². The van der Waals surface area contributed by atoms with Gasteiger partial charge in [-0.15, -0.1) is 0 Å². The van der Waals surface area contributed by atoms with Crippen molar-refractivity contribution in [3.05, 3.63) is 29.3 Å². The lowest BCUT2D eigenvalue weighted by molar-refractivity contribution is -0.0318. The highest BCUT2D eigenvalue weighted by Crippen LogP contribution is 2.35. The highest BCUT2D eigenvalue weighted by molar-refractivity contribution is 5.99. The van der Waals surface area contributed by atoms with Crippen molar-refractivity contribution in [3.63, 3.8) is 0 Å². The van der Waals surface area contributed by atoms with Crippen LogP contribution >= 0.6 is 0 Å². The minimum absolute atomic E-state index is 0.0241. The van der Waals surface area contributed by atoms with E-state index in [9.17, 15) is 10.1 Å². The lowest BCUT2D eigenvalue weighted by atomic mass is 9.79. The fraction of sp³-hybridized carbons (Fsp3) is 0.600. The maximum Gasteiger partial charge on any atom is 0.161 e. The molecule has 0 unspecified atom stereocenters. The van der Waals surface area contributed by atoms with Crippen LogP contribution in [0.3, 0.4) is 0 Å². The third-order valence-corrected chi connectivity index (χ3v) is 5.60. The van der Waals surface area contributed by atoms with Gasteiger partial charge in [0.25, 0.3) is 0 Å². The van der Waals surface area contributed by atoms with E-state index in [1.165, 1.54) is 32.1 Å². The summed E-state index contributed by atoms with van der Waals surface area (Å²) in [4.78, 5) is 14.5. The maximum atomic E-state index is 11.9. The van der Waals surface area contributed by atoms with Crippen molar-refractivity contribution in [1.82, 2.24) is 4.90 Å². The van der Waals surface area contributed by atoms with E-state index in [-0.39, 0.29) is 11.3 Å². The molecule has 1 N–H and O–H groups in total. The summed E-state index contributed by atoms with van der Waals surface area (Å²) in [5.74, 6) is 0.0241. The predicted octanol–water partition coefficient (Wildman–Crippen LogP) is 3.21. The number of nitrogens with one attached hydrogen (secondary N) is 1. The van der Waals surface area contributed by atoms with Crippen LogP contribution in [0.5, 0.6) is 0 Å². The molecule has 5 nitrogen and oxygen atoms in total. The van der Waals surface area contributed by atoms with Gasteiger partial charge in [0, 0.05) is 36.4 Å². The van der Waals surface area contributed by atoms with Gasteiger partial charge in [-0.3, -0.25) is 9.69 Å². The standard InChI is InChI=1S/C20H27N3O2/c1-16(24)18-6-5-17(14-21)13-19(18)22-15-20(7-3-2-4-8-20)23-9-11-25-12-10-23/h5-6,13,22H,2-4,7-12,15H2,1H3. The van der Waals surface area contributed by atoms with E-state index in [4.69, 9.17) is 4.74 Å². The third-order valence-electron chi connectivity index (χ3n) is 5.60. The van der Waals surface area contributed by atoms with E-state index in [0.29, 0.717) is 11.1 Å². The zero-order valence-corrected chi connectivity index (χ0v) is 15.0. The summed E-state index contributed by atoms with van der Waals surface area (Å²) in [6.07, 6.45) is 6.14. The first kappa shape index (κ1) is 17.9. The second kappa shape index (κ2) is 7.99. The Balaban J connectivity index is 1.81. The van der Waals surface area contributed by atoms with Crippen molar-refractivity contribution >= 4 is 11.5 Å². The van der Waals surface area contributed by atoms with Crippen LogP contribution in [0.2, 0.25) is 0 Å². The predicted molar refractivity (Wildman–Crippen MR) is 97.9 cm³/mol. The van der Waals surface area contributed by atoms with Crippen LogP contribution in [0.25, 0.3) is 0 Å². The molecule has 1 heterocycles. The molecule has 0 amide bonds. The Morgan fingerprint density at radius 2 is 2.00 bits per heavy atom. The van der Waals surface area contributed by atoms with E-state index in [1.54, 1.807) is 25.1 Å². The fourth-order valence-corrected chi connectivity index (χ4v) is 4.18. The van der Waals surface area contributed by atoms with Gasteiger partial charge in [0.15, 0.2) is 5.78 Å². The molecule has 1 aliphatic heterocycles. The molecule has 0 atom stereocenters. The van der Waals surface area contributed by atoms with Gasteiger partial charge >= 0.3 is 0 Å². The Kier molecular flexibility index (Phi) is 5.72. The number of rotatable bonds is 5. The van der Waals surface area contributed by atoms with Crippen LogP contribution < -0.4 is 5.32 Å². The van der Waals surface area contributed by atoms with Gasteiger partial charge in [0.1, 0.15) is 0 Å². The SMILES string of the molecule is CC(=O)c1ccc(C#N)cc1NCC1(N2CCOCC2)CCCCC1. The molecule has 25 heavy (non-hydrogen) atoms. The minimum atomic E-state index is 0.0241. The number of hydrogen-bond acceptors (Lipinski definition) is 5. The molecule has 134 valence electrons. The Morgan fingerprint density at radius 3 is 2.64 bits per heavy atom. The number of ether oxygens (including phenoxy) is 1. The van der Waals surface area contributed by atoms with Gasteiger partial charge in [0.05, 0.1) is 24.8 Å². The summed E-state index contributed by atoms with van der Waals surface area (Å²) in [5, 5.41) is 12.7. The van der Waals surface area contributed by atoms with Gasteiger partial charge in [-0.1, -0.05) is 19.3 Å². The highest BCUT2D eigenvalue weighted by atomic mass is 16.5. The number of hydrogen-bond donors (Lipinski definition) is 1. The number of morpholine rings is 1. The van der Waals surface area contributed by atoms with Crippen LogP contribution in [-0.4, -0.2) is 49.1 Å². The maximum absolute atomic E-state index is 11.9. The van der Waals surface area contributed by atoms with Crippen molar-refractivity contribution in [1.29, 1.82) is 5.26 Å². The van der Waals surface area contributed by atoms with E-state index in [2.05, 4.69) is 16.3 Å². The molecule has 1 saturated carbocycles. The first-order valence-electron chi connectivity index (χ1n) is 9.26. The number of carbonyl (C=O) groups is 1. The fourth-order valence-electron chi connectivity index (χ4n) is 4.18. The van der Waals surface area contributed by atoms with Crippen LogP contribution in [-0.2, 0) is 4.74 Å². The number of Topliss-reactive ketones (excluding diaryl/α,β-unsaturated/α-hetero) is 1. The highest BCUT2D eigenvalue weighted by Gasteiger charge is 2.38. The van der Waals surface area contributed by atoms with E-state index >= 15 is 0 Å². The number of nitriles is 1. The van der Waals surface area contributed by atoms with Gasteiger partial charge in [-0.2, -0.15) is 5.26 Å². The molecular weight excluding hydrogens is 314 g/mol. The van der Waals surface area contributed by atoms with Gasteiger partial charge in [-0.05, 0) is 38.0 Å². The van der Waals surface area contributed by atoms with Crippen LogP contribution in [0.1, 0.15) is 54.9 Å². The average Bonchev–Trinajstić information content (AvgIpc) is 2.67. The molecule has 2 fully saturated rings. The molecule has 0 aromatic heterocycles. The largest absolute Gasteiger partial charge is 0.383 e. The van der Waals surface area contributed by atoms with E-state index < -0.39 is 0 Å². The van der Waals surface area contributed by atoms with Gasteiger partial charge in [-0.25, -0.2) is 0 Å². The lowest BCUT2D eigenvalue weighted by Gasteiger charge is -2.48. The van der Waals surface area contributed by atoms with E-state index in [1.807, 2.05) is 0 Å². The molecule has 1 aromatic rings. The number of nitrogens with zero attached hydrogens (tertiary/aromatic N) is 2. The van der Waals surface area contributed by atoms with Crippen molar-refractivity contribution in [2.75, 3.05) is 38.2 Å². The average molecular weight is 341 g/mol. The first-order valence-corrected chi connectivity index (χ1v) is 9.26.